The molecule has 158 valence electrons. The lowest BCUT2D eigenvalue weighted by Gasteiger charge is -2.44. The summed E-state index contributed by atoms with van der Waals surface area (Å²) in [5.74, 6) is 3.37. The normalized spacial score (nSPS) is 37.6. The van der Waals surface area contributed by atoms with Crippen LogP contribution in [0.3, 0.4) is 0 Å². The van der Waals surface area contributed by atoms with E-state index in [1.54, 1.807) is 5.57 Å². The molecular weight excluding hydrogens is 340 g/mol. The Labute approximate surface area is 174 Å². The minimum Gasteiger partial charge on any atom is -0.393 e. The zero-order chi connectivity index (χ0) is 20.3. The Kier molecular flexibility index (Phi) is 7.29. The highest BCUT2D eigenvalue weighted by atomic mass is 16.3. The lowest BCUT2D eigenvalue weighted by Crippen LogP contribution is -2.36. The van der Waals surface area contributed by atoms with Gasteiger partial charge in [-0.3, -0.25) is 0 Å². The van der Waals surface area contributed by atoms with Crippen molar-refractivity contribution >= 4 is 0 Å². The van der Waals surface area contributed by atoms with Crippen molar-refractivity contribution in [3.8, 4) is 0 Å². The molecule has 0 aliphatic heterocycles. The molecule has 5 atom stereocenters. The number of hydrogen-bond donors (Lipinski definition) is 1. The highest BCUT2D eigenvalue weighted by Crippen LogP contribution is 2.59. The van der Waals surface area contributed by atoms with E-state index in [9.17, 15) is 5.11 Å². The zero-order valence-electron chi connectivity index (χ0n) is 19.0. The van der Waals surface area contributed by atoms with Crippen LogP contribution in [0.4, 0.5) is 0 Å². The Bertz CT molecular complexity index is 610. The molecule has 0 amide bonds. The molecule has 1 unspecified atom stereocenters. The fraction of sp³-hybridized carbons (Fsp3) is 0.778. The minimum absolute atomic E-state index is 0.172. The summed E-state index contributed by atoms with van der Waals surface area (Å²) in [4.78, 5) is 0. The van der Waals surface area contributed by atoms with Crippen molar-refractivity contribution in [1.82, 2.24) is 0 Å². The van der Waals surface area contributed by atoms with Crippen molar-refractivity contribution in [2.24, 2.45) is 29.1 Å². The van der Waals surface area contributed by atoms with Gasteiger partial charge < -0.3 is 5.11 Å². The van der Waals surface area contributed by atoms with Gasteiger partial charge in [-0.05, 0) is 86.0 Å². The molecule has 0 aromatic carbocycles. The molecule has 0 heterocycles. The molecule has 0 aromatic rings. The van der Waals surface area contributed by atoms with Crippen molar-refractivity contribution in [3.63, 3.8) is 0 Å². The van der Waals surface area contributed by atoms with Gasteiger partial charge in [0.1, 0.15) is 0 Å². The number of hydrogen-bond acceptors (Lipinski definition) is 1. The second kappa shape index (κ2) is 9.33. The topological polar surface area (TPSA) is 20.2 Å². The van der Waals surface area contributed by atoms with Crippen LogP contribution in [0.1, 0.15) is 98.3 Å². The van der Waals surface area contributed by atoms with Crippen LogP contribution in [0, 0.1) is 29.1 Å². The standard InChI is InChI=1S/C27H44O/c1-19(2)8-6-9-21(4)25-15-16-26-22(10-7-17-27(25,26)5)12-13-23-18-24(28)14-11-20(23)3/h12-13,19,21,24-26,28H,3,6-11,14-18H2,1-2,4-5H3/b22-12+,23-13-/t21-,24-,25-,26?,27-/m1/s1. The molecule has 0 saturated heterocycles. The van der Waals surface area contributed by atoms with Crippen LogP contribution in [0.25, 0.3) is 0 Å². The number of fused-ring (bicyclic) bond motifs is 1. The Morgan fingerprint density at radius 1 is 1.11 bits per heavy atom. The lowest BCUT2D eigenvalue weighted by molar-refractivity contribution is 0.0929. The van der Waals surface area contributed by atoms with Gasteiger partial charge in [-0.1, -0.05) is 76.8 Å². The van der Waals surface area contributed by atoms with E-state index >= 15 is 0 Å². The molecule has 0 aromatic heterocycles. The van der Waals surface area contributed by atoms with E-state index in [0.717, 1.165) is 42.9 Å². The Morgan fingerprint density at radius 3 is 2.64 bits per heavy atom. The van der Waals surface area contributed by atoms with E-state index in [4.69, 9.17) is 0 Å². The number of rotatable bonds is 6. The molecule has 3 fully saturated rings. The predicted molar refractivity (Wildman–Crippen MR) is 121 cm³/mol. The minimum atomic E-state index is -0.172. The summed E-state index contributed by atoms with van der Waals surface area (Å²) in [7, 11) is 0. The molecule has 28 heavy (non-hydrogen) atoms. The smallest absolute Gasteiger partial charge is 0.0583 e. The van der Waals surface area contributed by atoms with Gasteiger partial charge in [0.15, 0.2) is 0 Å². The SMILES string of the molecule is C=C1CC[C@@H](O)C/C1=C/C=C1\CCC[C@@]2(C)C1CC[C@@H]2[C@H](C)CCCC(C)C. The summed E-state index contributed by atoms with van der Waals surface area (Å²) in [6.07, 6.45) is 18.2. The van der Waals surface area contributed by atoms with Gasteiger partial charge in [-0.2, -0.15) is 0 Å². The molecule has 3 saturated carbocycles. The fourth-order valence-corrected chi connectivity index (χ4v) is 6.66. The summed E-state index contributed by atoms with van der Waals surface area (Å²) in [5, 5.41) is 10.0. The van der Waals surface area contributed by atoms with Gasteiger partial charge in [0.25, 0.3) is 0 Å². The Hall–Kier alpha value is -0.820. The number of aliphatic hydroxyl groups is 1. The first-order valence-corrected chi connectivity index (χ1v) is 12.1. The Balaban J connectivity index is 1.70. The molecule has 1 N–H and O–H groups in total. The quantitative estimate of drug-likeness (QED) is 0.499. The van der Waals surface area contributed by atoms with Gasteiger partial charge in [-0.15, -0.1) is 0 Å². The summed E-state index contributed by atoms with van der Waals surface area (Å²) in [5.41, 5.74) is 4.72. The van der Waals surface area contributed by atoms with E-state index in [1.165, 1.54) is 62.5 Å². The van der Waals surface area contributed by atoms with Gasteiger partial charge in [0, 0.05) is 0 Å². The molecule has 1 nitrogen and oxygen atoms in total. The third-order valence-electron chi connectivity index (χ3n) is 8.35. The third-order valence-corrected chi connectivity index (χ3v) is 8.35. The summed E-state index contributed by atoms with van der Waals surface area (Å²) >= 11 is 0. The van der Waals surface area contributed by atoms with Crippen LogP contribution in [0.15, 0.2) is 35.5 Å². The Morgan fingerprint density at radius 2 is 1.89 bits per heavy atom. The molecule has 3 aliphatic rings. The van der Waals surface area contributed by atoms with Gasteiger partial charge in [0.2, 0.25) is 0 Å². The highest BCUT2D eigenvalue weighted by Gasteiger charge is 2.50. The van der Waals surface area contributed by atoms with Crippen molar-refractivity contribution in [2.75, 3.05) is 0 Å². The molecular formula is C27H44O. The maximum atomic E-state index is 10.0. The van der Waals surface area contributed by atoms with Crippen LogP contribution in [-0.2, 0) is 0 Å². The first-order valence-electron chi connectivity index (χ1n) is 12.1. The van der Waals surface area contributed by atoms with E-state index in [0.29, 0.717) is 5.41 Å². The molecule has 3 aliphatic carbocycles. The predicted octanol–water partition coefficient (Wildman–Crippen LogP) is 7.62. The molecule has 3 rings (SSSR count). The van der Waals surface area contributed by atoms with Crippen molar-refractivity contribution in [3.05, 3.63) is 35.5 Å². The first-order chi connectivity index (χ1) is 13.3. The monoisotopic (exact) mass is 384 g/mol. The van der Waals surface area contributed by atoms with E-state index < -0.39 is 0 Å². The lowest BCUT2D eigenvalue weighted by atomic mass is 9.60. The zero-order valence-corrected chi connectivity index (χ0v) is 19.0. The first kappa shape index (κ1) is 21.9. The number of allylic oxidation sites excluding steroid dienone is 4. The van der Waals surface area contributed by atoms with E-state index in [2.05, 4.69) is 46.4 Å². The summed E-state index contributed by atoms with van der Waals surface area (Å²) in [6.45, 7) is 14.1. The van der Waals surface area contributed by atoms with Crippen LogP contribution < -0.4 is 0 Å². The molecule has 0 radical (unpaired) electrons. The molecule has 1 heteroatoms. The van der Waals surface area contributed by atoms with Crippen molar-refractivity contribution in [2.45, 2.75) is 104 Å². The molecule has 0 spiro atoms. The highest BCUT2D eigenvalue weighted by molar-refractivity contribution is 5.36. The van der Waals surface area contributed by atoms with E-state index in [-0.39, 0.29) is 6.10 Å². The van der Waals surface area contributed by atoms with Crippen molar-refractivity contribution in [1.29, 1.82) is 0 Å². The van der Waals surface area contributed by atoms with Gasteiger partial charge in [0.05, 0.1) is 6.10 Å². The van der Waals surface area contributed by atoms with Crippen LogP contribution in [-0.4, -0.2) is 11.2 Å². The average Bonchev–Trinajstić information content (AvgIpc) is 2.99. The van der Waals surface area contributed by atoms with Crippen LogP contribution >= 0.6 is 0 Å². The van der Waals surface area contributed by atoms with Gasteiger partial charge in [-0.25, -0.2) is 0 Å². The van der Waals surface area contributed by atoms with Crippen LogP contribution in [0.2, 0.25) is 0 Å². The number of aliphatic hydroxyl groups excluding tert-OH is 1. The summed E-state index contributed by atoms with van der Waals surface area (Å²) in [6, 6.07) is 0. The van der Waals surface area contributed by atoms with Crippen molar-refractivity contribution < 1.29 is 5.11 Å². The second-order valence-corrected chi connectivity index (χ2v) is 10.8. The maximum absolute atomic E-state index is 10.0. The fourth-order valence-electron chi connectivity index (χ4n) is 6.66. The van der Waals surface area contributed by atoms with Gasteiger partial charge >= 0.3 is 0 Å². The molecule has 0 bridgehead atoms. The largest absolute Gasteiger partial charge is 0.393 e. The second-order valence-electron chi connectivity index (χ2n) is 10.8. The van der Waals surface area contributed by atoms with E-state index in [1.807, 2.05) is 0 Å². The summed E-state index contributed by atoms with van der Waals surface area (Å²) < 4.78 is 0. The average molecular weight is 385 g/mol. The van der Waals surface area contributed by atoms with Crippen LogP contribution in [0.5, 0.6) is 0 Å². The maximum Gasteiger partial charge on any atom is 0.0583 e. The third kappa shape index (κ3) is 4.84.